The Balaban J connectivity index is 1.88. The van der Waals surface area contributed by atoms with E-state index in [0.29, 0.717) is 0 Å². The molecule has 14 heavy (non-hydrogen) atoms. The van der Waals surface area contributed by atoms with Crippen molar-refractivity contribution in [1.29, 1.82) is 0 Å². The molecule has 2 aliphatic rings. The molecule has 2 fully saturated rings. The summed E-state index contributed by atoms with van der Waals surface area (Å²) in [4.78, 5) is 2.73. The molecule has 0 aliphatic carbocycles. The molecule has 82 valence electrons. The minimum atomic E-state index is 0.840. The molecule has 2 nitrogen and oxygen atoms in total. The van der Waals surface area contributed by atoms with Crippen LogP contribution in [0.2, 0.25) is 0 Å². The SMILES string of the molecule is CC[C@@H]1CNC[C@@H]1N1CCC(C)CC1. The van der Waals surface area contributed by atoms with Crippen molar-refractivity contribution < 1.29 is 0 Å². The Kier molecular flexibility index (Phi) is 3.45. The highest BCUT2D eigenvalue weighted by atomic mass is 15.2. The highest BCUT2D eigenvalue weighted by molar-refractivity contribution is 4.89. The zero-order valence-electron chi connectivity index (χ0n) is 9.63. The molecule has 0 unspecified atom stereocenters. The number of likely N-dealkylation sites (tertiary alicyclic amines) is 1. The third-order valence-electron chi connectivity index (χ3n) is 4.12. The van der Waals surface area contributed by atoms with Gasteiger partial charge >= 0.3 is 0 Å². The fourth-order valence-electron chi connectivity index (χ4n) is 2.92. The summed E-state index contributed by atoms with van der Waals surface area (Å²) < 4.78 is 0. The first-order valence-corrected chi connectivity index (χ1v) is 6.26. The fraction of sp³-hybridized carbons (Fsp3) is 1.00. The number of hydrogen-bond donors (Lipinski definition) is 1. The lowest BCUT2D eigenvalue weighted by Gasteiger charge is -2.37. The van der Waals surface area contributed by atoms with Crippen molar-refractivity contribution in [2.24, 2.45) is 11.8 Å². The predicted molar refractivity (Wildman–Crippen MR) is 60.4 cm³/mol. The van der Waals surface area contributed by atoms with Gasteiger partial charge in [0, 0.05) is 12.6 Å². The van der Waals surface area contributed by atoms with Crippen molar-refractivity contribution in [2.45, 2.75) is 39.2 Å². The van der Waals surface area contributed by atoms with Crippen LogP contribution in [0.4, 0.5) is 0 Å². The molecule has 0 saturated carbocycles. The molecule has 0 aromatic carbocycles. The Labute approximate surface area is 88.1 Å². The summed E-state index contributed by atoms with van der Waals surface area (Å²) in [5.74, 6) is 1.86. The van der Waals surface area contributed by atoms with Crippen LogP contribution in [0.15, 0.2) is 0 Å². The van der Waals surface area contributed by atoms with Crippen molar-refractivity contribution in [1.82, 2.24) is 10.2 Å². The number of piperidine rings is 1. The summed E-state index contributed by atoms with van der Waals surface area (Å²) in [6.07, 6.45) is 4.16. The summed E-state index contributed by atoms with van der Waals surface area (Å²) in [5.41, 5.74) is 0. The van der Waals surface area contributed by atoms with E-state index in [1.165, 1.54) is 45.4 Å². The number of rotatable bonds is 2. The fourth-order valence-corrected chi connectivity index (χ4v) is 2.92. The maximum Gasteiger partial charge on any atom is 0.0260 e. The summed E-state index contributed by atoms with van der Waals surface area (Å²) in [6, 6.07) is 0.840. The molecule has 2 atom stereocenters. The maximum atomic E-state index is 3.54. The molecule has 0 bridgehead atoms. The van der Waals surface area contributed by atoms with Gasteiger partial charge in [-0.3, -0.25) is 4.90 Å². The van der Waals surface area contributed by atoms with Crippen LogP contribution < -0.4 is 5.32 Å². The molecule has 2 aliphatic heterocycles. The molecule has 2 saturated heterocycles. The van der Waals surface area contributed by atoms with Gasteiger partial charge in [-0.05, 0) is 44.3 Å². The summed E-state index contributed by atoms with van der Waals surface area (Å²) in [5, 5.41) is 3.54. The lowest BCUT2D eigenvalue weighted by Crippen LogP contribution is -2.45. The minimum absolute atomic E-state index is 0.840. The van der Waals surface area contributed by atoms with Crippen LogP contribution >= 0.6 is 0 Å². The van der Waals surface area contributed by atoms with Gasteiger partial charge in [-0.1, -0.05) is 20.3 Å². The van der Waals surface area contributed by atoms with Crippen LogP contribution in [0, 0.1) is 11.8 Å². The van der Waals surface area contributed by atoms with Crippen LogP contribution in [0.25, 0.3) is 0 Å². The van der Waals surface area contributed by atoms with E-state index in [1.54, 1.807) is 0 Å². The van der Waals surface area contributed by atoms with E-state index in [9.17, 15) is 0 Å². The molecule has 0 amide bonds. The summed E-state index contributed by atoms with van der Waals surface area (Å²) >= 11 is 0. The number of hydrogen-bond acceptors (Lipinski definition) is 2. The Morgan fingerprint density at radius 3 is 2.57 bits per heavy atom. The third kappa shape index (κ3) is 2.12. The minimum Gasteiger partial charge on any atom is -0.315 e. The van der Waals surface area contributed by atoms with Crippen molar-refractivity contribution in [3.05, 3.63) is 0 Å². The number of nitrogens with zero attached hydrogens (tertiary/aromatic N) is 1. The standard InChI is InChI=1S/C12H24N2/c1-3-11-8-13-9-12(11)14-6-4-10(2)5-7-14/h10-13H,3-9H2,1-2H3/t11-,12+/m1/s1. The molecule has 0 radical (unpaired) electrons. The predicted octanol–water partition coefficient (Wildman–Crippen LogP) is 1.72. The van der Waals surface area contributed by atoms with Crippen LogP contribution in [-0.2, 0) is 0 Å². The summed E-state index contributed by atoms with van der Waals surface area (Å²) in [7, 11) is 0. The van der Waals surface area contributed by atoms with Gasteiger partial charge in [-0.15, -0.1) is 0 Å². The Bertz CT molecular complexity index is 173. The molecule has 2 rings (SSSR count). The highest BCUT2D eigenvalue weighted by Crippen LogP contribution is 2.24. The Morgan fingerprint density at radius 2 is 1.93 bits per heavy atom. The van der Waals surface area contributed by atoms with E-state index >= 15 is 0 Å². The lowest BCUT2D eigenvalue weighted by atomic mass is 9.93. The van der Waals surface area contributed by atoms with Crippen molar-refractivity contribution in [3.8, 4) is 0 Å². The smallest absolute Gasteiger partial charge is 0.0260 e. The van der Waals surface area contributed by atoms with Gasteiger partial charge in [0.15, 0.2) is 0 Å². The van der Waals surface area contributed by atoms with Crippen LogP contribution in [0.5, 0.6) is 0 Å². The van der Waals surface area contributed by atoms with Crippen molar-refractivity contribution >= 4 is 0 Å². The molecule has 1 N–H and O–H groups in total. The van der Waals surface area contributed by atoms with Crippen LogP contribution in [0.3, 0.4) is 0 Å². The first-order chi connectivity index (χ1) is 6.81. The first-order valence-electron chi connectivity index (χ1n) is 6.26. The molecule has 0 spiro atoms. The molecule has 2 heteroatoms. The molecule has 0 aromatic heterocycles. The average molecular weight is 196 g/mol. The van der Waals surface area contributed by atoms with E-state index in [1.807, 2.05) is 0 Å². The molecular weight excluding hydrogens is 172 g/mol. The monoisotopic (exact) mass is 196 g/mol. The van der Waals surface area contributed by atoms with Crippen LogP contribution in [-0.4, -0.2) is 37.1 Å². The van der Waals surface area contributed by atoms with E-state index < -0.39 is 0 Å². The van der Waals surface area contributed by atoms with Crippen molar-refractivity contribution in [2.75, 3.05) is 26.2 Å². The zero-order chi connectivity index (χ0) is 9.97. The van der Waals surface area contributed by atoms with E-state index in [0.717, 1.165) is 17.9 Å². The van der Waals surface area contributed by atoms with Crippen molar-refractivity contribution in [3.63, 3.8) is 0 Å². The number of nitrogens with one attached hydrogen (secondary N) is 1. The van der Waals surface area contributed by atoms with Gasteiger partial charge in [-0.2, -0.15) is 0 Å². The zero-order valence-corrected chi connectivity index (χ0v) is 9.63. The molecule has 0 aromatic rings. The van der Waals surface area contributed by atoms with Crippen LogP contribution in [0.1, 0.15) is 33.1 Å². The second-order valence-corrected chi connectivity index (χ2v) is 5.11. The first kappa shape index (κ1) is 10.4. The Morgan fingerprint density at radius 1 is 1.21 bits per heavy atom. The topological polar surface area (TPSA) is 15.3 Å². The van der Waals surface area contributed by atoms with E-state index in [2.05, 4.69) is 24.1 Å². The maximum absolute atomic E-state index is 3.54. The quantitative estimate of drug-likeness (QED) is 0.723. The van der Waals surface area contributed by atoms with E-state index in [4.69, 9.17) is 0 Å². The second kappa shape index (κ2) is 4.63. The summed E-state index contributed by atoms with van der Waals surface area (Å²) in [6.45, 7) is 9.87. The van der Waals surface area contributed by atoms with Gasteiger partial charge in [0.2, 0.25) is 0 Å². The molecular formula is C12H24N2. The highest BCUT2D eigenvalue weighted by Gasteiger charge is 2.32. The lowest BCUT2D eigenvalue weighted by molar-refractivity contribution is 0.120. The normalized spacial score (nSPS) is 36.4. The van der Waals surface area contributed by atoms with Gasteiger partial charge in [0.1, 0.15) is 0 Å². The van der Waals surface area contributed by atoms with E-state index in [-0.39, 0.29) is 0 Å². The average Bonchev–Trinajstić information content (AvgIpc) is 2.67. The van der Waals surface area contributed by atoms with Gasteiger partial charge in [0.05, 0.1) is 0 Å². The second-order valence-electron chi connectivity index (χ2n) is 5.11. The Hall–Kier alpha value is -0.0800. The van der Waals surface area contributed by atoms with Gasteiger partial charge in [0.25, 0.3) is 0 Å². The van der Waals surface area contributed by atoms with Gasteiger partial charge in [-0.25, -0.2) is 0 Å². The third-order valence-corrected chi connectivity index (χ3v) is 4.12. The molecule has 2 heterocycles. The van der Waals surface area contributed by atoms with Gasteiger partial charge < -0.3 is 5.32 Å². The largest absolute Gasteiger partial charge is 0.315 e.